The van der Waals surface area contributed by atoms with Gasteiger partial charge in [0.1, 0.15) is 17.7 Å². The smallest absolute Gasteiger partial charge is 0.408 e. The fraction of sp³-hybridized carbons (Fsp3) is 0.619. The van der Waals surface area contributed by atoms with Gasteiger partial charge in [0.2, 0.25) is 0 Å². The van der Waals surface area contributed by atoms with E-state index < -0.39 is 23.7 Å². The Kier molecular flexibility index (Phi) is 7.67. The molecule has 0 aliphatic rings. The highest BCUT2D eigenvalue weighted by Crippen LogP contribution is 2.32. The molecule has 0 spiro atoms. The Labute approximate surface area is 157 Å². The number of nitrogens with one attached hydrogen (secondary N) is 1. The molecule has 0 heterocycles. The number of ether oxygens (including phenoxy) is 2. The molecule has 5 heteroatoms. The Balaban J connectivity index is 2.77. The van der Waals surface area contributed by atoms with Crippen LogP contribution in [0.1, 0.15) is 65.5 Å². The van der Waals surface area contributed by atoms with Crippen molar-refractivity contribution in [2.45, 2.75) is 79.1 Å². The predicted molar refractivity (Wildman–Crippen MR) is 103 cm³/mol. The zero-order chi connectivity index (χ0) is 20.1. The number of carbonyl (C=O) groups excluding carboxylic acids is 2. The molecule has 26 heavy (non-hydrogen) atoms. The SMILES string of the molecule is Cc1ccccc1[C@H](C(C)C)[C@H](C)OC(=O)[C@H](C)NC(=O)OC(C)(C)C. The van der Waals surface area contributed by atoms with Crippen molar-refractivity contribution >= 4 is 12.1 Å². The fourth-order valence-electron chi connectivity index (χ4n) is 3.02. The Bertz CT molecular complexity index is 619. The number of esters is 1. The monoisotopic (exact) mass is 363 g/mol. The lowest BCUT2D eigenvalue weighted by Crippen LogP contribution is -2.43. The number of alkyl carbamates (subject to hydrolysis) is 1. The highest BCUT2D eigenvalue weighted by atomic mass is 16.6. The van der Waals surface area contributed by atoms with E-state index in [0.29, 0.717) is 5.92 Å². The van der Waals surface area contributed by atoms with Crippen molar-refractivity contribution in [2.24, 2.45) is 5.92 Å². The molecule has 1 amide bonds. The maximum absolute atomic E-state index is 12.4. The first-order valence-corrected chi connectivity index (χ1v) is 9.18. The number of benzene rings is 1. The maximum atomic E-state index is 12.4. The van der Waals surface area contributed by atoms with Crippen LogP contribution in [0.25, 0.3) is 0 Å². The van der Waals surface area contributed by atoms with Crippen LogP contribution in [0.3, 0.4) is 0 Å². The molecule has 0 bridgehead atoms. The van der Waals surface area contributed by atoms with E-state index in [4.69, 9.17) is 9.47 Å². The molecule has 1 aromatic carbocycles. The van der Waals surface area contributed by atoms with Gasteiger partial charge in [-0.2, -0.15) is 0 Å². The number of hydrogen-bond acceptors (Lipinski definition) is 4. The molecule has 0 aromatic heterocycles. The van der Waals surface area contributed by atoms with E-state index in [2.05, 4.69) is 38.2 Å². The van der Waals surface area contributed by atoms with Gasteiger partial charge in [-0.15, -0.1) is 0 Å². The molecule has 3 atom stereocenters. The highest BCUT2D eigenvalue weighted by molar-refractivity contribution is 5.81. The van der Waals surface area contributed by atoms with Gasteiger partial charge in [0.25, 0.3) is 0 Å². The third-order valence-corrected chi connectivity index (χ3v) is 4.16. The molecule has 1 aromatic rings. The fourth-order valence-corrected chi connectivity index (χ4v) is 3.02. The first-order valence-electron chi connectivity index (χ1n) is 9.18. The minimum Gasteiger partial charge on any atom is -0.460 e. The molecular formula is C21H33NO4. The molecule has 146 valence electrons. The third kappa shape index (κ3) is 6.70. The molecule has 0 saturated carbocycles. The van der Waals surface area contributed by atoms with Crippen LogP contribution in [0.2, 0.25) is 0 Å². The lowest BCUT2D eigenvalue weighted by Gasteiger charge is -2.30. The largest absolute Gasteiger partial charge is 0.460 e. The number of amides is 1. The second-order valence-corrected chi connectivity index (χ2v) is 8.14. The first kappa shape index (κ1) is 22.0. The minimum atomic E-state index is -0.781. The normalized spacial score (nSPS) is 15.1. The van der Waals surface area contributed by atoms with Crippen LogP contribution in [-0.2, 0) is 14.3 Å². The molecule has 0 fully saturated rings. The number of carbonyl (C=O) groups is 2. The average Bonchev–Trinajstić information content (AvgIpc) is 2.46. The molecule has 0 saturated heterocycles. The second-order valence-electron chi connectivity index (χ2n) is 8.14. The van der Waals surface area contributed by atoms with Crippen LogP contribution < -0.4 is 5.32 Å². The van der Waals surface area contributed by atoms with Gasteiger partial charge in [-0.25, -0.2) is 9.59 Å². The molecule has 0 unspecified atom stereocenters. The second kappa shape index (κ2) is 9.06. The summed E-state index contributed by atoms with van der Waals surface area (Å²) in [6.07, 6.45) is -0.944. The molecule has 0 aliphatic heterocycles. The molecule has 1 rings (SSSR count). The van der Waals surface area contributed by atoms with Crippen LogP contribution in [-0.4, -0.2) is 29.8 Å². The van der Waals surface area contributed by atoms with E-state index in [1.54, 1.807) is 27.7 Å². The van der Waals surface area contributed by atoms with E-state index in [-0.39, 0.29) is 12.0 Å². The van der Waals surface area contributed by atoms with Crippen molar-refractivity contribution in [2.75, 3.05) is 0 Å². The zero-order valence-electron chi connectivity index (χ0n) is 17.3. The summed E-state index contributed by atoms with van der Waals surface area (Å²) in [5.41, 5.74) is 1.73. The summed E-state index contributed by atoms with van der Waals surface area (Å²) in [4.78, 5) is 24.2. The topological polar surface area (TPSA) is 64.6 Å². The summed E-state index contributed by atoms with van der Waals surface area (Å²) < 4.78 is 10.8. The van der Waals surface area contributed by atoms with Gasteiger partial charge in [-0.1, -0.05) is 38.1 Å². The van der Waals surface area contributed by atoms with E-state index in [1.165, 1.54) is 11.1 Å². The van der Waals surface area contributed by atoms with Crippen molar-refractivity contribution < 1.29 is 19.1 Å². The van der Waals surface area contributed by atoms with Crippen LogP contribution in [0.15, 0.2) is 24.3 Å². The predicted octanol–water partition coefficient (Wildman–Crippen LogP) is 4.58. The summed E-state index contributed by atoms with van der Waals surface area (Å²) in [7, 11) is 0. The number of hydrogen-bond donors (Lipinski definition) is 1. The van der Waals surface area contributed by atoms with Gasteiger partial charge in [-0.05, 0) is 58.6 Å². The summed E-state index contributed by atoms with van der Waals surface area (Å²) >= 11 is 0. The number of aryl methyl sites for hydroxylation is 1. The van der Waals surface area contributed by atoms with Crippen molar-refractivity contribution in [3.63, 3.8) is 0 Å². The van der Waals surface area contributed by atoms with Crippen molar-refractivity contribution in [1.82, 2.24) is 5.32 Å². The molecular weight excluding hydrogens is 330 g/mol. The van der Waals surface area contributed by atoms with E-state index in [1.807, 2.05) is 19.1 Å². The zero-order valence-corrected chi connectivity index (χ0v) is 17.3. The Morgan fingerprint density at radius 1 is 1.04 bits per heavy atom. The Morgan fingerprint density at radius 2 is 1.62 bits per heavy atom. The lowest BCUT2D eigenvalue weighted by atomic mass is 9.82. The van der Waals surface area contributed by atoms with Crippen LogP contribution in [0, 0.1) is 12.8 Å². The van der Waals surface area contributed by atoms with E-state index in [9.17, 15) is 9.59 Å². The van der Waals surface area contributed by atoms with Crippen LogP contribution in [0.5, 0.6) is 0 Å². The van der Waals surface area contributed by atoms with Gasteiger partial charge in [0.05, 0.1) is 0 Å². The summed E-state index contributed by atoms with van der Waals surface area (Å²) in [6.45, 7) is 15.1. The summed E-state index contributed by atoms with van der Waals surface area (Å²) in [5.74, 6) is -0.0931. The first-order chi connectivity index (χ1) is 11.9. The Morgan fingerprint density at radius 3 is 2.12 bits per heavy atom. The van der Waals surface area contributed by atoms with Gasteiger partial charge in [0, 0.05) is 5.92 Å². The Hall–Kier alpha value is -2.04. The van der Waals surface area contributed by atoms with Gasteiger partial charge in [-0.3, -0.25) is 0 Å². The molecule has 1 N–H and O–H groups in total. The highest BCUT2D eigenvalue weighted by Gasteiger charge is 2.29. The van der Waals surface area contributed by atoms with E-state index >= 15 is 0 Å². The van der Waals surface area contributed by atoms with Crippen molar-refractivity contribution in [3.05, 3.63) is 35.4 Å². The lowest BCUT2D eigenvalue weighted by molar-refractivity contribution is -0.152. The molecule has 5 nitrogen and oxygen atoms in total. The maximum Gasteiger partial charge on any atom is 0.408 e. The van der Waals surface area contributed by atoms with Crippen LogP contribution >= 0.6 is 0 Å². The van der Waals surface area contributed by atoms with Crippen molar-refractivity contribution in [1.29, 1.82) is 0 Å². The third-order valence-electron chi connectivity index (χ3n) is 4.16. The average molecular weight is 363 g/mol. The molecule has 0 radical (unpaired) electrons. The van der Waals surface area contributed by atoms with Crippen molar-refractivity contribution in [3.8, 4) is 0 Å². The number of rotatable bonds is 6. The minimum absolute atomic E-state index is 0.0777. The summed E-state index contributed by atoms with van der Waals surface area (Å²) in [6, 6.07) is 7.36. The van der Waals surface area contributed by atoms with Gasteiger partial charge < -0.3 is 14.8 Å². The van der Waals surface area contributed by atoms with Gasteiger partial charge in [0.15, 0.2) is 0 Å². The quantitative estimate of drug-likeness (QED) is 0.751. The summed E-state index contributed by atoms with van der Waals surface area (Å²) in [5, 5.41) is 2.53. The molecule has 0 aliphatic carbocycles. The standard InChI is InChI=1S/C21H33NO4/c1-13(2)18(17-12-10-9-11-14(17)3)16(5)25-19(23)15(4)22-20(24)26-21(6,7)8/h9-13,15-16,18H,1-8H3,(H,22,24)/t15-,16-,18+/m0/s1. The van der Waals surface area contributed by atoms with Crippen LogP contribution in [0.4, 0.5) is 4.79 Å². The van der Waals surface area contributed by atoms with Gasteiger partial charge >= 0.3 is 12.1 Å². The van der Waals surface area contributed by atoms with E-state index in [0.717, 1.165) is 0 Å².